The van der Waals surface area contributed by atoms with E-state index in [2.05, 4.69) is 35.2 Å². The molecule has 2 aromatic rings. The van der Waals surface area contributed by atoms with Crippen LogP contribution in [0, 0.1) is 5.92 Å². The molecule has 27 heavy (non-hydrogen) atoms. The molecule has 2 unspecified atom stereocenters. The van der Waals surface area contributed by atoms with Crippen LogP contribution < -0.4 is 4.74 Å². The number of benzene rings is 2. The number of carbonyl (C=O) groups is 1. The van der Waals surface area contributed by atoms with Gasteiger partial charge in [0.1, 0.15) is 11.5 Å². The maximum Gasteiger partial charge on any atom is 0.139 e. The van der Waals surface area contributed by atoms with E-state index in [1.165, 1.54) is 24.8 Å². The second kappa shape index (κ2) is 8.71. The predicted molar refractivity (Wildman–Crippen MR) is 108 cm³/mol. The first kappa shape index (κ1) is 18.2. The summed E-state index contributed by atoms with van der Waals surface area (Å²) < 4.78 is 5.73. The Morgan fingerprint density at radius 3 is 2.22 bits per heavy atom. The zero-order valence-electron chi connectivity index (χ0n) is 15.9. The molecule has 2 aliphatic rings. The monoisotopic (exact) mass is 363 g/mol. The fourth-order valence-electron chi connectivity index (χ4n) is 4.78. The van der Waals surface area contributed by atoms with Crippen LogP contribution >= 0.6 is 0 Å². The summed E-state index contributed by atoms with van der Waals surface area (Å²) in [5.41, 5.74) is 1.38. The van der Waals surface area contributed by atoms with Crippen LogP contribution in [-0.4, -0.2) is 29.4 Å². The second-order valence-corrected chi connectivity index (χ2v) is 7.94. The standard InChI is InChI=1S/C24H29NO2/c26-24(14-15-27-23-12-5-2-6-13-23)20-16-21-10-7-11-22(17-20)25(21)18-19-8-3-1-4-9-19/h1-6,8-9,12-13,20-22H,7,10-11,14-18H2. The Labute approximate surface area is 162 Å². The second-order valence-electron chi connectivity index (χ2n) is 7.94. The first-order chi connectivity index (χ1) is 13.3. The third-order valence-electron chi connectivity index (χ3n) is 6.15. The molecule has 0 radical (unpaired) electrons. The molecule has 2 fully saturated rings. The first-order valence-electron chi connectivity index (χ1n) is 10.3. The van der Waals surface area contributed by atoms with Crippen LogP contribution in [0.25, 0.3) is 0 Å². The lowest BCUT2D eigenvalue weighted by Crippen LogP contribution is -2.52. The van der Waals surface area contributed by atoms with Gasteiger partial charge in [0.2, 0.25) is 0 Å². The fraction of sp³-hybridized carbons (Fsp3) is 0.458. The van der Waals surface area contributed by atoms with Crippen molar-refractivity contribution in [1.82, 2.24) is 4.90 Å². The molecule has 2 heterocycles. The van der Waals surface area contributed by atoms with Gasteiger partial charge in [-0.05, 0) is 43.4 Å². The molecule has 0 saturated carbocycles. The van der Waals surface area contributed by atoms with Gasteiger partial charge in [-0.2, -0.15) is 0 Å². The summed E-state index contributed by atoms with van der Waals surface area (Å²) in [7, 11) is 0. The number of para-hydroxylation sites is 1. The van der Waals surface area contributed by atoms with E-state index in [-0.39, 0.29) is 5.92 Å². The summed E-state index contributed by atoms with van der Waals surface area (Å²) in [4.78, 5) is 15.5. The van der Waals surface area contributed by atoms with Crippen molar-refractivity contribution in [2.45, 2.75) is 57.2 Å². The van der Waals surface area contributed by atoms with Crippen molar-refractivity contribution in [2.24, 2.45) is 5.92 Å². The van der Waals surface area contributed by atoms with Gasteiger partial charge in [0.05, 0.1) is 6.61 Å². The lowest BCUT2D eigenvalue weighted by Gasteiger charge is -2.48. The Morgan fingerprint density at radius 2 is 1.56 bits per heavy atom. The van der Waals surface area contributed by atoms with Crippen molar-refractivity contribution < 1.29 is 9.53 Å². The minimum Gasteiger partial charge on any atom is -0.493 e. The molecule has 0 N–H and O–H groups in total. The van der Waals surface area contributed by atoms with Crippen molar-refractivity contribution >= 4 is 5.78 Å². The van der Waals surface area contributed by atoms with Crippen molar-refractivity contribution in [3.8, 4) is 5.75 Å². The summed E-state index contributed by atoms with van der Waals surface area (Å²) in [5, 5.41) is 0. The lowest BCUT2D eigenvalue weighted by atomic mass is 9.76. The number of piperidine rings is 2. The molecule has 3 heteroatoms. The van der Waals surface area contributed by atoms with Crippen molar-refractivity contribution in [3.63, 3.8) is 0 Å². The number of rotatable bonds is 7. The zero-order chi connectivity index (χ0) is 18.5. The van der Waals surface area contributed by atoms with E-state index in [4.69, 9.17) is 4.74 Å². The molecule has 2 atom stereocenters. The normalized spacial score (nSPS) is 25.1. The van der Waals surface area contributed by atoms with Gasteiger partial charge in [-0.3, -0.25) is 9.69 Å². The highest BCUT2D eigenvalue weighted by molar-refractivity contribution is 5.81. The van der Waals surface area contributed by atoms with Gasteiger partial charge in [0.15, 0.2) is 0 Å². The van der Waals surface area contributed by atoms with Crippen molar-refractivity contribution in [3.05, 3.63) is 66.2 Å². The van der Waals surface area contributed by atoms with Gasteiger partial charge in [-0.1, -0.05) is 55.0 Å². The quantitative estimate of drug-likeness (QED) is 0.704. The Kier molecular flexibility index (Phi) is 5.88. The molecule has 3 nitrogen and oxygen atoms in total. The molecular formula is C24H29NO2. The number of ether oxygens (including phenoxy) is 1. The zero-order valence-corrected chi connectivity index (χ0v) is 15.9. The smallest absolute Gasteiger partial charge is 0.139 e. The first-order valence-corrected chi connectivity index (χ1v) is 10.3. The van der Waals surface area contributed by atoms with Gasteiger partial charge in [-0.25, -0.2) is 0 Å². The number of carbonyl (C=O) groups excluding carboxylic acids is 1. The number of nitrogens with zero attached hydrogens (tertiary/aromatic N) is 1. The van der Waals surface area contributed by atoms with E-state index < -0.39 is 0 Å². The molecular weight excluding hydrogens is 334 g/mol. The summed E-state index contributed by atoms with van der Waals surface area (Å²) in [6.45, 7) is 1.51. The maximum absolute atomic E-state index is 12.8. The molecule has 2 saturated heterocycles. The van der Waals surface area contributed by atoms with Crippen LogP contribution in [0.15, 0.2) is 60.7 Å². The summed E-state index contributed by atoms with van der Waals surface area (Å²) in [5.74, 6) is 1.45. The van der Waals surface area contributed by atoms with Crippen LogP contribution in [0.3, 0.4) is 0 Å². The van der Waals surface area contributed by atoms with Crippen LogP contribution in [-0.2, 0) is 11.3 Å². The predicted octanol–water partition coefficient (Wildman–Crippen LogP) is 4.86. The third-order valence-corrected chi connectivity index (χ3v) is 6.15. The minimum absolute atomic E-state index is 0.215. The summed E-state index contributed by atoms with van der Waals surface area (Å²) in [6.07, 6.45) is 6.33. The van der Waals surface area contributed by atoms with Gasteiger partial charge in [-0.15, -0.1) is 0 Å². The van der Waals surface area contributed by atoms with Gasteiger partial charge in [0, 0.05) is 31.0 Å². The highest BCUT2D eigenvalue weighted by atomic mass is 16.5. The van der Waals surface area contributed by atoms with E-state index >= 15 is 0 Å². The van der Waals surface area contributed by atoms with Crippen LogP contribution in [0.1, 0.15) is 44.1 Å². The van der Waals surface area contributed by atoms with Crippen molar-refractivity contribution in [2.75, 3.05) is 6.61 Å². The number of Topliss-reactive ketones (excluding diaryl/α,β-unsaturated/α-hetero) is 1. The molecule has 4 rings (SSSR count). The van der Waals surface area contributed by atoms with Crippen molar-refractivity contribution in [1.29, 1.82) is 0 Å². The summed E-state index contributed by atoms with van der Waals surface area (Å²) >= 11 is 0. The van der Waals surface area contributed by atoms with Gasteiger partial charge >= 0.3 is 0 Å². The summed E-state index contributed by atoms with van der Waals surface area (Å²) in [6, 6.07) is 21.6. The molecule has 142 valence electrons. The molecule has 0 aromatic heterocycles. The average molecular weight is 364 g/mol. The minimum atomic E-state index is 0.215. The molecule has 0 aliphatic carbocycles. The van der Waals surface area contributed by atoms with E-state index in [0.717, 1.165) is 25.1 Å². The van der Waals surface area contributed by atoms with E-state index in [1.54, 1.807) is 0 Å². The molecule has 2 bridgehead atoms. The number of fused-ring (bicyclic) bond motifs is 2. The largest absolute Gasteiger partial charge is 0.493 e. The number of ketones is 1. The third kappa shape index (κ3) is 4.59. The topological polar surface area (TPSA) is 29.5 Å². The van der Waals surface area contributed by atoms with E-state index in [9.17, 15) is 4.79 Å². The average Bonchev–Trinajstić information content (AvgIpc) is 2.69. The molecule has 2 aromatic carbocycles. The molecule has 2 aliphatic heterocycles. The highest BCUT2D eigenvalue weighted by Crippen LogP contribution is 2.38. The van der Waals surface area contributed by atoms with E-state index in [1.807, 2.05) is 30.3 Å². The van der Waals surface area contributed by atoms with E-state index in [0.29, 0.717) is 30.9 Å². The maximum atomic E-state index is 12.8. The number of hydrogen-bond donors (Lipinski definition) is 0. The highest BCUT2D eigenvalue weighted by Gasteiger charge is 2.40. The van der Waals surface area contributed by atoms with Crippen LogP contribution in [0.5, 0.6) is 5.75 Å². The Hall–Kier alpha value is -2.13. The molecule has 0 spiro atoms. The van der Waals surface area contributed by atoms with Gasteiger partial charge < -0.3 is 4.74 Å². The van der Waals surface area contributed by atoms with Crippen LogP contribution in [0.2, 0.25) is 0 Å². The molecule has 0 amide bonds. The van der Waals surface area contributed by atoms with Crippen LogP contribution in [0.4, 0.5) is 0 Å². The lowest BCUT2D eigenvalue weighted by molar-refractivity contribution is -0.127. The Balaban J connectivity index is 1.31. The van der Waals surface area contributed by atoms with Gasteiger partial charge in [0.25, 0.3) is 0 Å². The Morgan fingerprint density at radius 1 is 0.926 bits per heavy atom. The SMILES string of the molecule is O=C(CCOc1ccccc1)C1CC2CCCC(C1)N2Cc1ccccc1. The number of hydrogen-bond acceptors (Lipinski definition) is 3. The fourth-order valence-corrected chi connectivity index (χ4v) is 4.78. The Bertz CT molecular complexity index is 717.